The number of aliphatic hydroxyl groups excluding tert-OH is 1. The number of halogens is 2. The van der Waals surface area contributed by atoms with E-state index in [1.54, 1.807) is 0 Å². The van der Waals surface area contributed by atoms with Crippen LogP contribution in [0.25, 0.3) is 0 Å². The van der Waals surface area contributed by atoms with E-state index in [0.29, 0.717) is 0 Å². The van der Waals surface area contributed by atoms with Crippen LogP contribution < -0.4 is 10.6 Å². The second-order valence-corrected chi connectivity index (χ2v) is 6.38. The lowest BCUT2D eigenvalue weighted by Crippen LogP contribution is -2.48. The van der Waals surface area contributed by atoms with E-state index in [2.05, 4.69) is 10.6 Å². The zero-order chi connectivity index (χ0) is 19.8. The monoisotopic (exact) mass is 378 g/mol. The van der Waals surface area contributed by atoms with Gasteiger partial charge in [-0.05, 0) is 36.1 Å². The van der Waals surface area contributed by atoms with Crippen molar-refractivity contribution in [2.24, 2.45) is 0 Å². The van der Waals surface area contributed by atoms with Crippen LogP contribution in [0, 0.1) is 11.6 Å². The van der Waals surface area contributed by atoms with Gasteiger partial charge in [-0.3, -0.25) is 0 Å². The minimum absolute atomic E-state index is 0.00191. The summed E-state index contributed by atoms with van der Waals surface area (Å²) >= 11 is 0. The quantitative estimate of drug-likeness (QED) is 0.540. The molecule has 0 aliphatic heterocycles. The van der Waals surface area contributed by atoms with Crippen LogP contribution in [0.3, 0.4) is 0 Å². The van der Waals surface area contributed by atoms with E-state index in [1.807, 2.05) is 37.3 Å². The largest absolute Gasteiger partial charge is 0.465 e. The number of aliphatic hydroxyl groups is 1. The van der Waals surface area contributed by atoms with Gasteiger partial charge in [0.1, 0.15) is 11.6 Å². The molecule has 7 heteroatoms. The van der Waals surface area contributed by atoms with Crippen molar-refractivity contribution in [2.45, 2.75) is 38.0 Å². The molecule has 0 heterocycles. The van der Waals surface area contributed by atoms with E-state index in [0.717, 1.165) is 30.2 Å². The summed E-state index contributed by atoms with van der Waals surface area (Å²) in [7, 11) is 0. The van der Waals surface area contributed by atoms with E-state index in [1.165, 1.54) is 0 Å². The number of amides is 1. The highest BCUT2D eigenvalue weighted by molar-refractivity contribution is 5.65. The number of hydrogen-bond donors (Lipinski definition) is 4. The van der Waals surface area contributed by atoms with Crippen LogP contribution >= 0.6 is 0 Å². The number of carboxylic acid groups (broad SMARTS) is 1. The van der Waals surface area contributed by atoms with Gasteiger partial charge < -0.3 is 20.8 Å². The molecule has 0 bridgehead atoms. The van der Waals surface area contributed by atoms with Crippen LogP contribution in [0.5, 0.6) is 0 Å². The number of carbonyl (C=O) groups is 1. The fourth-order valence-electron chi connectivity index (χ4n) is 3.01. The Balaban J connectivity index is 2.05. The fourth-order valence-corrected chi connectivity index (χ4v) is 3.01. The maximum absolute atomic E-state index is 13.4. The summed E-state index contributed by atoms with van der Waals surface area (Å²) in [4.78, 5) is 11.1. The summed E-state index contributed by atoms with van der Waals surface area (Å²) in [6.07, 6.45) is -1.65. The summed E-state index contributed by atoms with van der Waals surface area (Å²) < 4.78 is 26.8. The second kappa shape index (κ2) is 9.99. The Morgan fingerprint density at radius 2 is 1.74 bits per heavy atom. The summed E-state index contributed by atoms with van der Waals surface area (Å²) in [5.41, 5.74) is 1.32. The summed E-state index contributed by atoms with van der Waals surface area (Å²) in [5, 5.41) is 25.0. The van der Waals surface area contributed by atoms with Gasteiger partial charge in [0.25, 0.3) is 0 Å². The topological polar surface area (TPSA) is 81.6 Å². The Morgan fingerprint density at radius 3 is 2.30 bits per heavy atom. The first-order valence-corrected chi connectivity index (χ1v) is 8.79. The first kappa shape index (κ1) is 20.8. The predicted octanol–water partition coefficient (Wildman–Crippen LogP) is 3.25. The summed E-state index contributed by atoms with van der Waals surface area (Å²) in [6, 6.07) is 11.8. The molecule has 0 saturated heterocycles. The molecule has 0 saturated carbocycles. The highest BCUT2D eigenvalue weighted by Gasteiger charge is 2.23. The third kappa shape index (κ3) is 6.62. The maximum atomic E-state index is 13.4. The van der Waals surface area contributed by atoms with Gasteiger partial charge in [-0.25, -0.2) is 13.6 Å². The molecule has 2 rings (SSSR count). The van der Waals surface area contributed by atoms with Crippen molar-refractivity contribution in [3.05, 3.63) is 71.3 Å². The lowest BCUT2D eigenvalue weighted by Gasteiger charge is -2.26. The van der Waals surface area contributed by atoms with Crippen LogP contribution in [-0.2, 0) is 6.42 Å². The molecule has 2 aromatic rings. The van der Waals surface area contributed by atoms with Crippen molar-refractivity contribution >= 4 is 6.09 Å². The van der Waals surface area contributed by atoms with E-state index >= 15 is 0 Å². The van der Waals surface area contributed by atoms with E-state index < -0.39 is 29.9 Å². The molecule has 27 heavy (non-hydrogen) atoms. The molecule has 0 aliphatic carbocycles. The number of hydrogen-bond acceptors (Lipinski definition) is 3. The highest BCUT2D eigenvalue weighted by atomic mass is 19.1. The van der Waals surface area contributed by atoms with Crippen molar-refractivity contribution in [1.29, 1.82) is 0 Å². The third-order valence-electron chi connectivity index (χ3n) is 4.33. The van der Waals surface area contributed by atoms with Gasteiger partial charge in [0.15, 0.2) is 0 Å². The average Bonchev–Trinajstić information content (AvgIpc) is 2.61. The molecule has 5 nitrogen and oxygen atoms in total. The third-order valence-corrected chi connectivity index (χ3v) is 4.33. The minimum atomic E-state index is -1.31. The van der Waals surface area contributed by atoms with E-state index in [4.69, 9.17) is 5.11 Å². The molecule has 1 amide bonds. The van der Waals surface area contributed by atoms with Crippen molar-refractivity contribution in [3.63, 3.8) is 0 Å². The van der Waals surface area contributed by atoms with Crippen LogP contribution in [0.1, 0.15) is 30.5 Å². The molecule has 0 fully saturated rings. The van der Waals surface area contributed by atoms with Crippen LogP contribution in [0.15, 0.2) is 48.5 Å². The standard InChI is InChI=1S/C20H24F2N2O3/c1-2-17(14-6-4-3-5-7-14)23-12-19(25)18(24-20(26)27)10-13-8-15(21)11-16(22)9-13/h3-9,11,17-19,23-25H,2,10,12H2,1H3,(H,26,27)/t17-,18?,19?/m1/s1. The van der Waals surface area contributed by atoms with Crippen molar-refractivity contribution in [3.8, 4) is 0 Å². The molecule has 2 aromatic carbocycles. The Morgan fingerprint density at radius 1 is 1.11 bits per heavy atom. The van der Waals surface area contributed by atoms with Crippen LogP contribution in [0.4, 0.5) is 13.6 Å². The fraction of sp³-hybridized carbons (Fsp3) is 0.350. The highest BCUT2D eigenvalue weighted by Crippen LogP contribution is 2.17. The maximum Gasteiger partial charge on any atom is 0.404 e. The normalized spacial score (nSPS) is 14.4. The van der Waals surface area contributed by atoms with Gasteiger partial charge >= 0.3 is 6.09 Å². The van der Waals surface area contributed by atoms with Gasteiger partial charge in [0.05, 0.1) is 12.1 Å². The van der Waals surface area contributed by atoms with Crippen molar-refractivity contribution in [2.75, 3.05) is 6.54 Å². The van der Waals surface area contributed by atoms with E-state index in [-0.39, 0.29) is 24.6 Å². The predicted molar refractivity (Wildman–Crippen MR) is 98.5 cm³/mol. The first-order valence-electron chi connectivity index (χ1n) is 8.79. The van der Waals surface area contributed by atoms with Gasteiger partial charge in [0, 0.05) is 18.7 Å². The van der Waals surface area contributed by atoms with Crippen molar-refractivity contribution < 1.29 is 23.8 Å². The number of nitrogens with one attached hydrogen (secondary N) is 2. The Bertz CT molecular complexity index is 723. The molecule has 3 atom stereocenters. The molecule has 2 unspecified atom stereocenters. The molecule has 0 aromatic heterocycles. The van der Waals surface area contributed by atoms with Gasteiger partial charge in [-0.2, -0.15) is 0 Å². The molecule has 0 spiro atoms. The van der Waals surface area contributed by atoms with Gasteiger partial charge in [-0.15, -0.1) is 0 Å². The minimum Gasteiger partial charge on any atom is -0.465 e. The van der Waals surface area contributed by atoms with Crippen molar-refractivity contribution in [1.82, 2.24) is 10.6 Å². The lowest BCUT2D eigenvalue weighted by atomic mass is 9.99. The lowest BCUT2D eigenvalue weighted by molar-refractivity contribution is 0.114. The van der Waals surface area contributed by atoms with Gasteiger partial charge in [0.2, 0.25) is 0 Å². The summed E-state index contributed by atoms with van der Waals surface area (Å²) in [6.45, 7) is 2.12. The Kier molecular flexibility index (Phi) is 7.69. The molecule has 4 N–H and O–H groups in total. The molecular weight excluding hydrogens is 354 g/mol. The zero-order valence-electron chi connectivity index (χ0n) is 15.0. The Hall–Kier alpha value is -2.51. The van der Waals surface area contributed by atoms with Crippen LogP contribution in [-0.4, -0.2) is 35.0 Å². The molecule has 0 aliphatic rings. The van der Waals surface area contributed by atoms with Gasteiger partial charge in [-0.1, -0.05) is 37.3 Å². The van der Waals surface area contributed by atoms with Crippen LogP contribution in [0.2, 0.25) is 0 Å². The zero-order valence-corrected chi connectivity index (χ0v) is 15.0. The van der Waals surface area contributed by atoms with E-state index in [9.17, 15) is 18.7 Å². The molecule has 146 valence electrons. The SMILES string of the molecule is CC[C@@H](NCC(O)C(Cc1cc(F)cc(F)c1)NC(=O)O)c1ccccc1. The molecular formula is C20H24F2N2O3. The number of rotatable bonds is 9. The smallest absolute Gasteiger partial charge is 0.404 e. The summed E-state index contributed by atoms with van der Waals surface area (Å²) in [5.74, 6) is -1.50. The first-order chi connectivity index (χ1) is 12.9. The second-order valence-electron chi connectivity index (χ2n) is 6.38. The molecule has 0 radical (unpaired) electrons. The number of benzene rings is 2. The average molecular weight is 378 g/mol. The Labute approximate surface area is 157 Å².